The first-order valence-corrected chi connectivity index (χ1v) is 9.02. The zero-order valence-corrected chi connectivity index (χ0v) is 13.1. The molecular formula is C14H19NO3S2. The summed E-state index contributed by atoms with van der Waals surface area (Å²) in [6, 6.07) is -0.797. The lowest BCUT2D eigenvalue weighted by atomic mass is 9.95. The van der Waals surface area contributed by atoms with Crippen molar-refractivity contribution in [2.24, 2.45) is 0 Å². The van der Waals surface area contributed by atoms with Crippen LogP contribution in [0.1, 0.15) is 40.1 Å². The number of carboxylic acids is 1. The maximum Gasteiger partial charge on any atom is 0.326 e. The van der Waals surface area contributed by atoms with Gasteiger partial charge in [-0.3, -0.25) is 4.79 Å². The van der Waals surface area contributed by atoms with Gasteiger partial charge in [0.25, 0.3) is 5.91 Å². The lowest BCUT2D eigenvalue weighted by molar-refractivity contribution is -0.139. The summed E-state index contributed by atoms with van der Waals surface area (Å²) >= 11 is 3.20. The van der Waals surface area contributed by atoms with Gasteiger partial charge in [-0.15, -0.1) is 11.3 Å². The number of carboxylic acid groups (broad SMARTS) is 1. The maximum absolute atomic E-state index is 12.3. The van der Waals surface area contributed by atoms with Gasteiger partial charge in [0, 0.05) is 10.3 Å². The molecule has 0 aromatic carbocycles. The van der Waals surface area contributed by atoms with Crippen LogP contribution in [-0.4, -0.2) is 35.0 Å². The lowest BCUT2D eigenvalue weighted by Crippen LogP contribution is -2.41. The summed E-state index contributed by atoms with van der Waals surface area (Å²) in [6.45, 7) is 0. The SMILES string of the molecule is CSCCC(NC(=O)c1csc2c1CCCC2)C(=O)O. The average molecular weight is 313 g/mol. The Morgan fingerprint density at radius 3 is 2.90 bits per heavy atom. The van der Waals surface area contributed by atoms with Crippen LogP contribution in [0.4, 0.5) is 0 Å². The first-order valence-electron chi connectivity index (χ1n) is 6.75. The first-order chi connectivity index (χ1) is 9.63. The molecule has 110 valence electrons. The van der Waals surface area contributed by atoms with Gasteiger partial charge in [0.15, 0.2) is 0 Å². The summed E-state index contributed by atoms with van der Waals surface area (Å²) in [5.74, 6) is -0.478. The molecule has 6 heteroatoms. The molecule has 0 spiro atoms. The molecule has 1 aliphatic carbocycles. The van der Waals surface area contributed by atoms with E-state index in [1.165, 1.54) is 11.3 Å². The molecule has 2 rings (SSSR count). The van der Waals surface area contributed by atoms with Crippen molar-refractivity contribution in [2.75, 3.05) is 12.0 Å². The standard InChI is InChI=1S/C14H19NO3S2/c1-19-7-6-11(14(17)18)15-13(16)10-8-20-12-5-3-2-4-9(10)12/h8,11H,2-7H2,1H3,(H,15,16)(H,17,18). The Labute approximate surface area is 127 Å². The smallest absolute Gasteiger partial charge is 0.326 e. The van der Waals surface area contributed by atoms with Gasteiger partial charge < -0.3 is 10.4 Å². The van der Waals surface area contributed by atoms with Crippen molar-refractivity contribution < 1.29 is 14.7 Å². The minimum Gasteiger partial charge on any atom is -0.480 e. The third-order valence-corrected chi connectivity index (χ3v) is 5.25. The van der Waals surface area contributed by atoms with E-state index in [9.17, 15) is 9.59 Å². The Morgan fingerprint density at radius 2 is 2.20 bits per heavy atom. The predicted octanol–water partition coefficient (Wildman–Crippen LogP) is 2.56. The summed E-state index contributed by atoms with van der Waals surface area (Å²) in [7, 11) is 0. The number of nitrogens with one attached hydrogen (secondary N) is 1. The number of aliphatic carboxylic acids is 1. The Kier molecular flexibility index (Phi) is 5.48. The van der Waals surface area contributed by atoms with E-state index >= 15 is 0 Å². The molecule has 0 saturated heterocycles. The highest BCUT2D eigenvalue weighted by molar-refractivity contribution is 7.98. The summed E-state index contributed by atoms with van der Waals surface area (Å²) in [6.07, 6.45) is 6.65. The normalized spacial score (nSPS) is 15.4. The van der Waals surface area contributed by atoms with Crippen molar-refractivity contribution in [3.05, 3.63) is 21.4 Å². The highest BCUT2D eigenvalue weighted by Crippen LogP contribution is 2.30. The van der Waals surface area contributed by atoms with Crippen LogP contribution in [0.3, 0.4) is 0 Å². The molecule has 1 unspecified atom stereocenters. The number of amides is 1. The molecule has 1 heterocycles. The summed E-state index contributed by atoms with van der Waals surface area (Å²) < 4.78 is 0. The highest BCUT2D eigenvalue weighted by atomic mass is 32.2. The van der Waals surface area contributed by atoms with Gasteiger partial charge in [0.05, 0.1) is 5.56 Å². The third kappa shape index (κ3) is 3.55. The van der Waals surface area contributed by atoms with Crippen LogP contribution in [0, 0.1) is 0 Å². The van der Waals surface area contributed by atoms with E-state index in [1.54, 1.807) is 23.1 Å². The predicted molar refractivity (Wildman–Crippen MR) is 82.9 cm³/mol. The van der Waals surface area contributed by atoms with Crippen molar-refractivity contribution in [3.63, 3.8) is 0 Å². The van der Waals surface area contributed by atoms with E-state index in [0.717, 1.165) is 30.6 Å². The van der Waals surface area contributed by atoms with Crippen molar-refractivity contribution >= 4 is 35.0 Å². The Balaban J connectivity index is 2.06. The average Bonchev–Trinajstić information content (AvgIpc) is 2.87. The molecule has 1 atom stereocenters. The molecule has 0 aliphatic heterocycles. The van der Waals surface area contributed by atoms with Gasteiger partial charge in [0.2, 0.25) is 0 Å². The maximum atomic E-state index is 12.3. The van der Waals surface area contributed by atoms with Gasteiger partial charge in [-0.2, -0.15) is 11.8 Å². The minimum atomic E-state index is -0.962. The van der Waals surface area contributed by atoms with Crippen LogP contribution in [-0.2, 0) is 17.6 Å². The monoisotopic (exact) mass is 313 g/mol. The zero-order chi connectivity index (χ0) is 14.5. The largest absolute Gasteiger partial charge is 0.480 e. The van der Waals surface area contributed by atoms with Gasteiger partial charge in [-0.1, -0.05) is 0 Å². The molecule has 0 saturated carbocycles. The fourth-order valence-electron chi connectivity index (χ4n) is 2.41. The van der Waals surface area contributed by atoms with E-state index in [2.05, 4.69) is 5.32 Å². The Hall–Kier alpha value is -1.01. The van der Waals surface area contributed by atoms with Crippen LogP contribution < -0.4 is 5.32 Å². The second-order valence-corrected chi connectivity index (χ2v) is 6.85. The van der Waals surface area contributed by atoms with Crippen molar-refractivity contribution in [2.45, 2.75) is 38.1 Å². The van der Waals surface area contributed by atoms with Gasteiger partial charge in [-0.25, -0.2) is 4.79 Å². The number of thioether (sulfide) groups is 1. The molecule has 0 radical (unpaired) electrons. The molecule has 1 aromatic heterocycles. The fraction of sp³-hybridized carbons (Fsp3) is 0.571. The zero-order valence-electron chi connectivity index (χ0n) is 11.5. The number of fused-ring (bicyclic) bond motifs is 1. The van der Waals surface area contributed by atoms with E-state index in [0.29, 0.717) is 12.0 Å². The number of hydrogen-bond donors (Lipinski definition) is 2. The minimum absolute atomic E-state index is 0.238. The quantitative estimate of drug-likeness (QED) is 0.847. The lowest BCUT2D eigenvalue weighted by Gasteiger charge is -2.16. The van der Waals surface area contributed by atoms with Crippen molar-refractivity contribution in [3.8, 4) is 0 Å². The topological polar surface area (TPSA) is 66.4 Å². The Morgan fingerprint density at radius 1 is 1.45 bits per heavy atom. The summed E-state index contributed by atoms with van der Waals surface area (Å²) in [5.41, 5.74) is 1.81. The van der Waals surface area contributed by atoms with Crippen LogP contribution in [0.15, 0.2) is 5.38 Å². The first kappa shape index (κ1) is 15.4. The van der Waals surface area contributed by atoms with E-state index in [4.69, 9.17) is 5.11 Å². The van der Waals surface area contributed by atoms with Gasteiger partial charge in [0.1, 0.15) is 6.04 Å². The van der Waals surface area contributed by atoms with E-state index in [1.807, 2.05) is 11.6 Å². The molecular weight excluding hydrogens is 294 g/mol. The second kappa shape index (κ2) is 7.13. The van der Waals surface area contributed by atoms with Crippen LogP contribution in [0.2, 0.25) is 0 Å². The number of hydrogen-bond acceptors (Lipinski definition) is 4. The fourth-order valence-corrected chi connectivity index (χ4v) is 4.01. The van der Waals surface area contributed by atoms with E-state index < -0.39 is 12.0 Å². The van der Waals surface area contributed by atoms with Crippen LogP contribution in [0.5, 0.6) is 0 Å². The molecule has 0 bridgehead atoms. The van der Waals surface area contributed by atoms with Crippen LogP contribution in [0.25, 0.3) is 0 Å². The van der Waals surface area contributed by atoms with Gasteiger partial charge in [-0.05, 0) is 49.7 Å². The molecule has 20 heavy (non-hydrogen) atoms. The summed E-state index contributed by atoms with van der Waals surface area (Å²) in [4.78, 5) is 24.7. The summed E-state index contributed by atoms with van der Waals surface area (Å²) in [5, 5.41) is 13.7. The molecule has 2 N–H and O–H groups in total. The second-order valence-electron chi connectivity index (χ2n) is 4.90. The van der Waals surface area contributed by atoms with E-state index in [-0.39, 0.29) is 5.91 Å². The molecule has 0 fully saturated rings. The van der Waals surface area contributed by atoms with Crippen LogP contribution >= 0.6 is 23.1 Å². The third-order valence-electron chi connectivity index (χ3n) is 3.52. The highest BCUT2D eigenvalue weighted by Gasteiger charge is 2.24. The molecule has 1 amide bonds. The van der Waals surface area contributed by atoms with Crippen molar-refractivity contribution in [1.29, 1.82) is 0 Å². The Bertz CT molecular complexity index is 499. The number of rotatable bonds is 6. The number of thiophene rings is 1. The number of carbonyl (C=O) groups is 2. The number of carbonyl (C=O) groups excluding carboxylic acids is 1. The molecule has 4 nitrogen and oxygen atoms in total. The molecule has 1 aliphatic rings. The van der Waals surface area contributed by atoms with Crippen molar-refractivity contribution in [1.82, 2.24) is 5.32 Å². The molecule has 1 aromatic rings. The number of aryl methyl sites for hydroxylation is 1. The van der Waals surface area contributed by atoms with Gasteiger partial charge >= 0.3 is 5.97 Å².